The summed E-state index contributed by atoms with van der Waals surface area (Å²) in [6.07, 6.45) is 0. The summed E-state index contributed by atoms with van der Waals surface area (Å²) in [5.74, 6) is 0. The molecule has 0 aliphatic rings. The van der Waals surface area contributed by atoms with Gasteiger partial charge in [0.1, 0.15) is 9.04 Å². The molecule has 0 rings (SSSR count). The Bertz CT molecular complexity index is 76.2. The van der Waals surface area contributed by atoms with Crippen LogP contribution in [0.25, 0.3) is 0 Å². The average molecular weight is 283 g/mol. The number of halogens is 6. The minimum Gasteiger partial charge on any atom is -0.130 e. The summed E-state index contributed by atoms with van der Waals surface area (Å²) in [6, 6.07) is 0. The molecule has 0 unspecified atom stereocenters. The molecule has 0 aromatic heterocycles. The van der Waals surface area contributed by atoms with Crippen molar-refractivity contribution in [2.75, 3.05) is 0 Å². The molecule has 0 radical (unpaired) electrons. The summed E-state index contributed by atoms with van der Waals surface area (Å²) in [4.78, 5) is 0. The Morgan fingerprint density at radius 3 is 1.33 bits per heavy atom. The second-order valence-corrected chi connectivity index (χ2v) is 23.7. The highest BCUT2D eigenvalue weighted by Gasteiger charge is 2.37. The second-order valence-electron chi connectivity index (χ2n) is 1.41. The first-order valence-corrected chi connectivity index (χ1v) is 11.0. The van der Waals surface area contributed by atoms with Gasteiger partial charge in [0.05, 0.1) is 0 Å². The molecular formula is CH2Cl6Si2. The van der Waals surface area contributed by atoms with E-state index in [0.29, 0.717) is 0 Å². The Labute approximate surface area is 85.4 Å². The molecule has 0 N–H and O–H groups in total. The van der Waals surface area contributed by atoms with Crippen LogP contribution in [-0.4, -0.2) is 18.0 Å². The zero-order chi connectivity index (χ0) is 7.71. The molecule has 0 fully saturated rings. The fourth-order valence-electron chi connectivity index (χ4n) is 0.227. The van der Waals surface area contributed by atoms with Crippen LogP contribution in [0.3, 0.4) is 0 Å². The third-order valence-corrected chi connectivity index (χ3v) is 10.8. The smallest absolute Gasteiger partial charge is 0.130 e. The lowest BCUT2D eigenvalue weighted by atomic mass is 11.8. The molecule has 0 heterocycles. The van der Waals surface area contributed by atoms with Crippen molar-refractivity contribution in [3.8, 4) is 0 Å². The van der Waals surface area contributed by atoms with Gasteiger partial charge in [0.25, 0.3) is 0 Å². The molecular weight excluding hydrogens is 281 g/mol. The third kappa shape index (κ3) is 10.2. The molecule has 8 heteroatoms. The minimum atomic E-state index is -2.63. The van der Waals surface area contributed by atoms with E-state index < -0.39 is 18.0 Å². The lowest BCUT2D eigenvalue weighted by Crippen LogP contribution is -2.32. The first-order chi connectivity index (χ1) is 3.71. The summed E-state index contributed by atoms with van der Waals surface area (Å²) in [7, 11) is -1.18. The van der Waals surface area contributed by atoms with Crippen LogP contribution in [0.2, 0.25) is 0 Å². The van der Waals surface area contributed by atoms with E-state index >= 15 is 0 Å². The first kappa shape index (κ1) is 11.2. The fourth-order valence-corrected chi connectivity index (χ4v) is 18.4. The summed E-state index contributed by atoms with van der Waals surface area (Å²) in [5, 5.41) is 0. The monoisotopic (exact) mass is 280 g/mol. The van der Waals surface area contributed by atoms with E-state index in [0.717, 1.165) is 0 Å². The molecule has 0 spiro atoms. The molecule has 0 atom stereocenters. The van der Waals surface area contributed by atoms with Crippen LogP contribution in [0.1, 0.15) is 0 Å². The van der Waals surface area contributed by atoms with E-state index in [-0.39, 0.29) is 0 Å². The molecule has 0 aliphatic carbocycles. The predicted molar refractivity (Wildman–Crippen MR) is 52.1 cm³/mol. The molecule has 0 bridgehead atoms. The van der Waals surface area contributed by atoms with Crippen molar-refractivity contribution in [2.24, 2.45) is 0 Å². The van der Waals surface area contributed by atoms with Crippen molar-refractivity contribution in [2.45, 2.75) is 3.42 Å². The van der Waals surface area contributed by atoms with Crippen LogP contribution >= 0.6 is 68.0 Å². The van der Waals surface area contributed by atoms with E-state index in [1.807, 2.05) is 0 Å². The molecule has 0 saturated carbocycles. The van der Waals surface area contributed by atoms with E-state index in [1.54, 1.807) is 0 Å². The van der Waals surface area contributed by atoms with Gasteiger partial charge >= 0.3 is 5.52 Å². The third-order valence-electron chi connectivity index (χ3n) is 0.401. The molecule has 56 valence electrons. The van der Waals surface area contributed by atoms with Gasteiger partial charge in [-0.1, -0.05) is 34.8 Å². The normalized spacial score (nSPS) is 15.3. The van der Waals surface area contributed by atoms with Crippen LogP contribution in [0.15, 0.2) is 0 Å². The van der Waals surface area contributed by atoms with Gasteiger partial charge in [0.2, 0.25) is 0 Å². The minimum absolute atomic E-state index is 1.18. The van der Waals surface area contributed by atoms with Gasteiger partial charge in [-0.15, -0.1) is 33.2 Å². The maximum atomic E-state index is 5.50. The lowest BCUT2D eigenvalue weighted by molar-refractivity contribution is 1.73. The summed E-state index contributed by atoms with van der Waals surface area (Å²) < 4.78 is -1.29. The van der Waals surface area contributed by atoms with Crippen molar-refractivity contribution < 1.29 is 0 Å². The maximum Gasteiger partial charge on any atom is 0.322 e. The Morgan fingerprint density at radius 1 is 1.00 bits per heavy atom. The van der Waals surface area contributed by atoms with Crippen LogP contribution in [0.4, 0.5) is 0 Å². The van der Waals surface area contributed by atoms with Crippen molar-refractivity contribution in [1.29, 1.82) is 0 Å². The predicted octanol–water partition coefficient (Wildman–Crippen LogP) is 2.63. The number of hydrogen-bond donors (Lipinski definition) is 0. The van der Waals surface area contributed by atoms with Crippen molar-refractivity contribution in [3.63, 3.8) is 0 Å². The van der Waals surface area contributed by atoms with E-state index in [1.165, 1.54) is 0 Å². The van der Waals surface area contributed by atoms with Crippen molar-refractivity contribution in [1.82, 2.24) is 0 Å². The van der Waals surface area contributed by atoms with Crippen LogP contribution in [0, 0.1) is 0 Å². The molecule has 0 amide bonds. The summed E-state index contributed by atoms with van der Waals surface area (Å²) >= 11 is 32.7. The van der Waals surface area contributed by atoms with Crippen LogP contribution < -0.4 is 0 Å². The Hall–Kier alpha value is 2.17. The average Bonchev–Trinajstić information content (AvgIpc) is 1.14. The number of hydrogen-bond acceptors (Lipinski definition) is 0. The molecule has 0 nitrogen and oxygen atoms in total. The number of rotatable bonds is 1. The highest BCUT2D eigenvalue weighted by Crippen LogP contribution is 2.32. The molecule has 0 saturated heterocycles. The quantitative estimate of drug-likeness (QED) is 0.394. The topological polar surface area (TPSA) is 0 Å². The zero-order valence-corrected chi connectivity index (χ0v) is 10.9. The zero-order valence-electron chi connectivity index (χ0n) is 3.97. The lowest BCUT2D eigenvalue weighted by Gasteiger charge is -2.13. The largest absolute Gasteiger partial charge is 0.322 e. The van der Waals surface area contributed by atoms with Gasteiger partial charge < -0.3 is 0 Å². The Morgan fingerprint density at radius 2 is 1.33 bits per heavy atom. The SMILES string of the molecule is ClC(Cl)(Cl)[SiH2][Si](Cl)(Cl)Cl. The molecule has 0 aliphatic heterocycles. The van der Waals surface area contributed by atoms with Crippen LogP contribution in [0.5, 0.6) is 0 Å². The Kier molecular flexibility index (Phi) is 4.62. The Balaban J connectivity index is 3.75. The standard InChI is InChI=1S/CH2Cl6Si2/c2-1(3,4)8-9(5,6)7/h8H2. The van der Waals surface area contributed by atoms with E-state index in [2.05, 4.69) is 0 Å². The second kappa shape index (κ2) is 3.72. The maximum absolute atomic E-state index is 5.50. The van der Waals surface area contributed by atoms with Gasteiger partial charge in [-0.3, -0.25) is 0 Å². The summed E-state index contributed by atoms with van der Waals surface area (Å²) in [6.45, 7) is 0. The van der Waals surface area contributed by atoms with Crippen molar-refractivity contribution in [3.05, 3.63) is 0 Å². The highest BCUT2D eigenvalue weighted by molar-refractivity contribution is 7.83. The van der Waals surface area contributed by atoms with Gasteiger partial charge in [-0.05, 0) is 0 Å². The van der Waals surface area contributed by atoms with Gasteiger partial charge in [0, 0.05) is 0 Å². The van der Waals surface area contributed by atoms with Crippen LogP contribution in [-0.2, 0) is 0 Å². The van der Waals surface area contributed by atoms with Crippen molar-refractivity contribution >= 4 is 82.6 Å². The number of alkyl halides is 3. The molecule has 9 heavy (non-hydrogen) atoms. The highest BCUT2D eigenvalue weighted by atomic mass is 35.8. The molecule has 0 aromatic rings. The first-order valence-electron chi connectivity index (χ1n) is 1.84. The van der Waals surface area contributed by atoms with Gasteiger partial charge in [0.15, 0.2) is 3.42 Å². The van der Waals surface area contributed by atoms with E-state index in [4.69, 9.17) is 68.0 Å². The molecule has 0 aromatic carbocycles. The van der Waals surface area contributed by atoms with E-state index in [9.17, 15) is 0 Å². The fraction of sp³-hybridized carbons (Fsp3) is 1.00. The van der Waals surface area contributed by atoms with Gasteiger partial charge in [-0.2, -0.15) is 0 Å². The summed E-state index contributed by atoms with van der Waals surface area (Å²) in [5.41, 5.74) is -2.63. The van der Waals surface area contributed by atoms with Gasteiger partial charge in [-0.25, -0.2) is 0 Å².